The highest BCUT2D eigenvalue weighted by Crippen LogP contribution is 2.11. The van der Waals surface area contributed by atoms with E-state index in [9.17, 15) is 13.6 Å². The van der Waals surface area contributed by atoms with Crippen molar-refractivity contribution in [3.63, 3.8) is 0 Å². The molecule has 1 heterocycles. The Labute approximate surface area is 101 Å². The third-order valence-corrected chi connectivity index (χ3v) is 4.21. The molecular weight excluding hydrogens is 242 g/mol. The van der Waals surface area contributed by atoms with Crippen LogP contribution in [0.1, 0.15) is 25.7 Å². The number of aliphatic hydroxyl groups excluding tert-OH is 1. The molecule has 0 spiro atoms. The lowest BCUT2D eigenvalue weighted by Gasteiger charge is -2.04. The summed E-state index contributed by atoms with van der Waals surface area (Å²) in [4.78, 5) is 0.0668. The Morgan fingerprint density at radius 2 is 1.94 bits per heavy atom. The molecule has 1 N–H and O–H groups in total. The maximum absolute atomic E-state index is 11.8. The van der Waals surface area contributed by atoms with Crippen molar-refractivity contribution in [2.75, 3.05) is 12.4 Å². The van der Waals surface area contributed by atoms with Crippen LogP contribution < -0.4 is 4.73 Å². The lowest BCUT2D eigenvalue weighted by Crippen LogP contribution is -2.26. The van der Waals surface area contributed by atoms with E-state index in [4.69, 9.17) is 5.11 Å². The minimum Gasteiger partial charge on any atom is -0.619 e. The maximum Gasteiger partial charge on any atom is 0.199 e. The molecule has 0 bridgehead atoms. The van der Waals surface area contributed by atoms with Crippen molar-refractivity contribution >= 4 is 9.84 Å². The molecule has 0 atom stereocenters. The van der Waals surface area contributed by atoms with Gasteiger partial charge >= 0.3 is 0 Å². The van der Waals surface area contributed by atoms with Crippen molar-refractivity contribution in [2.24, 2.45) is 0 Å². The third-order valence-electron chi connectivity index (χ3n) is 2.43. The highest BCUT2D eigenvalue weighted by atomic mass is 32.2. The number of sulfone groups is 1. The van der Waals surface area contributed by atoms with Crippen LogP contribution in [0, 0.1) is 5.21 Å². The van der Waals surface area contributed by atoms with E-state index in [2.05, 4.69) is 0 Å². The van der Waals surface area contributed by atoms with Gasteiger partial charge < -0.3 is 10.3 Å². The molecule has 0 unspecified atom stereocenters. The summed E-state index contributed by atoms with van der Waals surface area (Å²) < 4.78 is 24.1. The fraction of sp³-hybridized carbons (Fsp3) is 0.545. The predicted molar refractivity (Wildman–Crippen MR) is 63.0 cm³/mol. The number of aromatic nitrogens is 1. The molecule has 6 heteroatoms. The average molecular weight is 259 g/mol. The van der Waals surface area contributed by atoms with E-state index < -0.39 is 9.84 Å². The van der Waals surface area contributed by atoms with Gasteiger partial charge in [-0.2, -0.15) is 4.73 Å². The van der Waals surface area contributed by atoms with Gasteiger partial charge in [0, 0.05) is 12.7 Å². The molecule has 0 amide bonds. The summed E-state index contributed by atoms with van der Waals surface area (Å²) >= 11 is 0. The van der Waals surface area contributed by atoms with Crippen LogP contribution in [0.25, 0.3) is 0 Å². The van der Waals surface area contributed by atoms with E-state index in [1.165, 1.54) is 18.3 Å². The van der Waals surface area contributed by atoms with Crippen LogP contribution in [0.4, 0.5) is 0 Å². The molecule has 0 aliphatic carbocycles. The molecule has 1 aromatic heterocycles. The Bertz CT molecular complexity index is 445. The summed E-state index contributed by atoms with van der Waals surface area (Å²) in [5.74, 6) is 0.0441. The quantitative estimate of drug-likeness (QED) is 0.443. The minimum atomic E-state index is -3.35. The highest BCUT2D eigenvalue weighted by molar-refractivity contribution is 7.91. The molecular formula is C11H17NO4S. The van der Waals surface area contributed by atoms with Gasteiger partial charge in [0.15, 0.2) is 22.2 Å². The number of rotatable bonds is 7. The standard InChI is InChI=1S/C11H17NO4S/c13-8-3-1-2-4-9-17(15,16)11-6-5-7-12(14)10-11/h5-7,10,13H,1-4,8-9H2. The van der Waals surface area contributed by atoms with Gasteiger partial charge in [0.1, 0.15) is 4.90 Å². The molecule has 0 aliphatic heterocycles. The Hall–Kier alpha value is -1.14. The van der Waals surface area contributed by atoms with Crippen molar-refractivity contribution in [1.29, 1.82) is 0 Å². The molecule has 17 heavy (non-hydrogen) atoms. The van der Waals surface area contributed by atoms with Gasteiger partial charge in [-0.1, -0.05) is 12.8 Å². The summed E-state index contributed by atoms with van der Waals surface area (Å²) in [6.45, 7) is 0.140. The van der Waals surface area contributed by atoms with E-state index in [1.54, 1.807) is 0 Å². The van der Waals surface area contributed by atoms with Crippen LogP contribution in [-0.4, -0.2) is 25.9 Å². The summed E-state index contributed by atoms with van der Waals surface area (Å²) in [5, 5.41) is 19.6. The first kappa shape index (κ1) is 13.9. The van der Waals surface area contributed by atoms with E-state index in [0.717, 1.165) is 19.0 Å². The number of unbranched alkanes of at least 4 members (excludes halogenated alkanes) is 3. The van der Waals surface area contributed by atoms with Crippen LogP contribution >= 0.6 is 0 Å². The number of aliphatic hydroxyl groups is 1. The molecule has 1 aromatic rings. The van der Waals surface area contributed by atoms with Gasteiger partial charge in [-0.3, -0.25) is 0 Å². The first-order chi connectivity index (χ1) is 8.06. The Kier molecular flexibility index (Phi) is 5.37. The van der Waals surface area contributed by atoms with Crippen molar-refractivity contribution < 1.29 is 18.3 Å². The molecule has 0 aromatic carbocycles. The van der Waals surface area contributed by atoms with Gasteiger partial charge in [0.05, 0.1) is 5.75 Å². The topological polar surface area (TPSA) is 81.3 Å². The van der Waals surface area contributed by atoms with E-state index in [0.29, 0.717) is 17.6 Å². The van der Waals surface area contributed by atoms with Gasteiger partial charge in [-0.15, -0.1) is 0 Å². The maximum atomic E-state index is 11.8. The van der Waals surface area contributed by atoms with Gasteiger partial charge in [-0.05, 0) is 18.9 Å². The second kappa shape index (κ2) is 6.56. The molecule has 0 saturated carbocycles. The van der Waals surface area contributed by atoms with Gasteiger partial charge in [0.25, 0.3) is 0 Å². The Morgan fingerprint density at radius 3 is 2.59 bits per heavy atom. The summed E-state index contributed by atoms with van der Waals surface area (Å²) in [6.07, 6.45) is 5.16. The van der Waals surface area contributed by atoms with Crippen molar-refractivity contribution in [3.05, 3.63) is 29.7 Å². The zero-order chi connectivity index (χ0) is 12.7. The molecule has 1 rings (SSSR count). The van der Waals surface area contributed by atoms with Crippen LogP contribution in [0.15, 0.2) is 29.4 Å². The lowest BCUT2D eigenvalue weighted by atomic mass is 10.2. The Morgan fingerprint density at radius 1 is 1.24 bits per heavy atom. The summed E-state index contributed by atoms with van der Waals surface area (Å²) in [6, 6.07) is 2.85. The van der Waals surface area contributed by atoms with E-state index in [-0.39, 0.29) is 17.3 Å². The number of nitrogens with zero attached hydrogens (tertiary/aromatic N) is 1. The largest absolute Gasteiger partial charge is 0.619 e. The monoisotopic (exact) mass is 259 g/mol. The second-order valence-electron chi connectivity index (χ2n) is 3.86. The van der Waals surface area contributed by atoms with E-state index >= 15 is 0 Å². The third kappa shape index (κ3) is 4.70. The lowest BCUT2D eigenvalue weighted by molar-refractivity contribution is -0.607. The zero-order valence-corrected chi connectivity index (χ0v) is 10.4. The zero-order valence-electron chi connectivity index (χ0n) is 9.58. The molecule has 0 fully saturated rings. The van der Waals surface area contributed by atoms with Crippen molar-refractivity contribution in [3.8, 4) is 0 Å². The van der Waals surface area contributed by atoms with Crippen LogP contribution in [0.3, 0.4) is 0 Å². The fourth-order valence-corrected chi connectivity index (χ4v) is 2.86. The molecule has 0 radical (unpaired) electrons. The number of hydrogen-bond acceptors (Lipinski definition) is 4. The number of hydrogen-bond donors (Lipinski definition) is 1. The van der Waals surface area contributed by atoms with Gasteiger partial charge in [0.2, 0.25) is 0 Å². The second-order valence-corrected chi connectivity index (χ2v) is 5.97. The normalized spacial score (nSPS) is 11.6. The van der Waals surface area contributed by atoms with Gasteiger partial charge in [-0.25, -0.2) is 8.42 Å². The molecule has 0 aliphatic rings. The number of pyridine rings is 1. The van der Waals surface area contributed by atoms with Crippen molar-refractivity contribution in [1.82, 2.24) is 0 Å². The van der Waals surface area contributed by atoms with Crippen molar-refractivity contribution in [2.45, 2.75) is 30.6 Å². The summed E-state index contributed by atoms with van der Waals surface area (Å²) in [7, 11) is -3.35. The first-order valence-electron chi connectivity index (χ1n) is 5.59. The minimum absolute atomic E-state index is 0.0441. The smallest absolute Gasteiger partial charge is 0.199 e. The van der Waals surface area contributed by atoms with E-state index in [1.807, 2.05) is 0 Å². The molecule has 96 valence electrons. The molecule has 0 saturated heterocycles. The summed E-state index contributed by atoms with van der Waals surface area (Å²) in [5.41, 5.74) is 0. The molecule has 5 nitrogen and oxygen atoms in total. The average Bonchev–Trinajstić information content (AvgIpc) is 2.29. The Balaban J connectivity index is 2.51. The highest BCUT2D eigenvalue weighted by Gasteiger charge is 2.16. The van der Waals surface area contributed by atoms with Crippen LogP contribution in [-0.2, 0) is 9.84 Å². The SMILES string of the molecule is O=S(=O)(CCCCCCO)c1ccc[n+]([O-])c1. The van der Waals surface area contributed by atoms with Crippen LogP contribution in [0.2, 0.25) is 0 Å². The fourth-order valence-electron chi connectivity index (χ4n) is 1.49. The predicted octanol–water partition coefficient (Wildman–Crippen LogP) is 0.646. The first-order valence-corrected chi connectivity index (χ1v) is 7.24. The van der Waals surface area contributed by atoms with Crippen LogP contribution in [0.5, 0.6) is 0 Å².